The van der Waals surface area contributed by atoms with Crippen LogP contribution in [0.25, 0.3) is 0 Å². The lowest BCUT2D eigenvalue weighted by molar-refractivity contribution is 0.540. The maximum absolute atomic E-state index is 12.4. The third kappa shape index (κ3) is 1.80. The zero-order valence-corrected chi connectivity index (χ0v) is 10.6. The molecule has 1 aromatic heterocycles. The summed E-state index contributed by atoms with van der Waals surface area (Å²) in [5, 5.41) is 3.30. The molecule has 1 N–H and O–H groups in total. The van der Waals surface area contributed by atoms with E-state index in [1.807, 2.05) is 18.2 Å². The molecule has 18 heavy (non-hydrogen) atoms. The molecule has 1 aromatic carbocycles. The lowest BCUT2D eigenvalue weighted by atomic mass is 9.98. The first kappa shape index (κ1) is 11.3. The molecule has 0 bridgehead atoms. The zero-order valence-electron chi connectivity index (χ0n) is 10.6. The van der Waals surface area contributed by atoms with Crippen LogP contribution in [0.1, 0.15) is 42.6 Å². The van der Waals surface area contributed by atoms with E-state index in [-0.39, 0.29) is 11.6 Å². The molecule has 0 saturated heterocycles. The molecule has 1 aliphatic rings. The van der Waals surface area contributed by atoms with Crippen molar-refractivity contribution in [2.75, 3.05) is 0 Å². The number of aromatic amines is 1. The highest BCUT2D eigenvalue weighted by molar-refractivity contribution is 5.24. The van der Waals surface area contributed by atoms with Crippen molar-refractivity contribution in [1.82, 2.24) is 9.78 Å². The Kier molecular flexibility index (Phi) is 2.82. The Morgan fingerprint density at radius 3 is 2.61 bits per heavy atom. The molecule has 3 heteroatoms. The highest BCUT2D eigenvalue weighted by atomic mass is 16.1. The molecule has 1 heterocycles. The molecular formula is C15H18N2O. The summed E-state index contributed by atoms with van der Waals surface area (Å²) in [6, 6.07) is 10.2. The van der Waals surface area contributed by atoms with Gasteiger partial charge in [0.05, 0.1) is 6.04 Å². The van der Waals surface area contributed by atoms with Crippen molar-refractivity contribution >= 4 is 0 Å². The SMILES string of the molecule is CC(c1ccccc1)n1[nH]c2c(c1=O)CCCC2. The van der Waals surface area contributed by atoms with Gasteiger partial charge in [-0.1, -0.05) is 30.3 Å². The normalized spacial score (nSPS) is 16.3. The predicted octanol–water partition coefficient (Wildman–Crippen LogP) is 2.66. The molecule has 3 rings (SSSR count). The van der Waals surface area contributed by atoms with Gasteiger partial charge >= 0.3 is 0 Å². The van der Waals surface area contributed by atoms with Crippen LogP contribution < -0.4 is 5.56 Å². The van der Waals surface area contributed by atoms with E-state index in [9.17, 15) is 4.79 Å². The average Bonchev–Trinajstić information content (AvgIpc) is 2.77. The van der Waals surface area contributed by atoms with E-state index in [4.69, 9.17) is 0 Å². The number of benzene rings is 1. The number of hydrogen-bond acceptors (Lipinski definition) is 1. The number of rotatable bonds is 2. The molecule has 0 spiro atoms. The van der Waals surface area contributed by atoms with E-state index in [0.717, 1.165) is 36.1 Å². The first-order valence-electron chi connectivity index (χ1n) is 6.64. The van der Waals surface area contributed by atoms with Crippen LogP contribution in [0.15, 0.2) is 35.1 Å². The second-order valence-corrected chi connectivity index (χ2v) is 5.04. The molecule has 0 fully saturated rings. The summed E-state index contributed by atoms with van der Waals surface area (Å²) in [5.41, 5.74) is 3.48. The monoisotopic (exact) mass is 242 g/mol. The third-order valence-corrected chi connectivity index (χ3v) is 3.87. The van der Waals surface area contributed by atoms with E-state index in [1.165, 1.54) is 6.42 Å². The van der Waals surface area contributed by atoms with E-state index >= 15 is 0 Å². The fourth-order valence-electron chi connectivity index (χ4n) is 2.76. The van der Waals surface area contributed by atoms with Crippen LogP contribution in [0.4, 0.5) is 0 Å². The third-order valence-electron chi connectivity index (χ3n) is 3.87. The molecule has 0 amide bonds. The molecule has 1 unspecified atom stereocenters. The van der Waals surface area contributed by atoms with Gasteiger partial charge in [0.25, 0.3) is 5.56 Å². The van der Waals surface area contributed by atoms with Crippen molar-refractivity contribution in [2.45, 2.75) is 38.6 Å². The molecule has 2 aromatic rings. The van der Waals surface area contributed by atoms with Crippen molar-refractivity contribution in [3.05, 3.63) is 57.5 Å². The van der Waals surface area contributed by atoms with Crippen LogP contribution in [0.3, 0.4) is 0 Å². The van der Waals surface area contributed by atoms with Crippen LogP contribution in [0, 0.1) is 0 Å². The first-order valence-corrected chi connectivity index (χ1v) is 6.64. The highest BCUT2D eigenvalue weighted by Crippen LogP contribution is 2.20. The smallest absolute Gasteiger partial charge is 0.270 e. The van der Waals surface area contributed by atoms with Crippen molar-refractivity contribution in [3.8, 4) is 0 Å². The number of fused-ring (bicyclic) bond motifs is 1. The number of nitrogens with zero attached hydrogens (tertiary/aromatic N) is 1. The number of hydrogen-bond donors (Lipinski definition) is 1. The lowest BCUT2D eigenvalue weighted by Gasteiger charge is -2.12. The topological polar surface area (TPSA) is 37.8 Å². The van der Waals surface area contributed by atoms with Gasteiger partial charge in [-0.05, 0) is 38.2 Å². The molecule has 0 radical (unpaired) electrons. The van der Waals surface area contributed by atoms with Gasteiger partial charge in [0, 0.05) is 11.3 Å². The predicted molar refractivity (Wildman–Crippen MR) is 71.9 cm³/mol. The standard InChI is InChI=1S/C15H18N2O/c1-11(12-7-3-2-4-8-12)17-15(18)13-9-5-6-10-14(13)16-17/h2-4,7-8,11,16H,5-6,9-10H2,1H3. The fourth-order valence-corrected chi connectivity index (χ4v) is 2.76. The Morgan fingerprint density at radius 2 is 1.89 bits per heavy atom. The lowest BCUT2D eigenvalue weighted by Crippen LogP contribution is -2.23. The van der Waals surface area contributed by atoms with E-state index in [1.54, 1.807) is 4.68 Å². The van der Waals surface area contributed by atoms with Crippen LogP contribution in [-0.2, 0) is 12.8 Å². The largest absolute Gasteiger partial charge is 0.299 e. The summed E-state index contributed by atoms with van der Waals surface area (Å²) in [6.45, 7) is 2.07. The van der Waals surface area contributed by atoms with E-state index < -0.39 is 0 Å². The Hall–Kier alpha value is -1.77. The van der Waals surface area contributed by atoms with Gasteiger partial charge in [-0.3, -0.25) is 9.89 Å². The molecule has 0 aliphatic heterocycles. The summed E-state index contributed by atoms with van der Waals surface area (Å²) in [6.07, 6.45) is 4.27. The molecule has 94 valence electrons. The summed E-state index contributed by atoms with van der Waals surface area (Å²) in [7, 11) is 0. The van der Waals surface area contributed by atoms with Gasteiger partial charge in [-0.2, -0.15) is 0 Å². The Morgan fingerprint density at radius 1 is 1.17 bits per heavy atom. The summed E-state index contributed by atoms with van der Waals surface area (Å²) in [5.74, 6) is 0. The van der Waals surface area contributed by atoms with Crippen LogP contribution in [-0.4, -0.2) is 9.78 Å². The van der Waals surface area contributed by atoms with Crippen LogP contribution in [0.5, 0.6) is 0 Å². The van der Waals surface area contributed by atoms with Gasteiger partial charge in [0.1, 0.15) is 0 Å². The van der Waals surface area contributed by atoms with Crippen molar-refractivity contribution in [3.63, 3.8) is 0 Å². The van der Waals surface area contributed by atoms with Gasteiger partial charge in [0.15, 0.2) is 0 Å². The quantitative estimate of drug-likeness (QED) is 0.863. The summed E-state index contributed by atoms with van der Waals surface area (Å²) >= 11 is 0. The average molecular weight is 242 g/mol. The van der Waals surface area contributed by atoms with Gasteiger partial charge in [-0.15, -0.1) is 0 Å². The van der Waals surface area contributed by atoms with Crippen molar-refractivity contribution in [1.29, 1.82) is 0 Å². The van der Waals surface area contributed by atoms with Crippen molar-refractivity contribution in [2.24, 2.45) is 0 Å². The van der Waals surface area contributed by atoms with E-state index in [2.05, 4.69) is 24.2 Å². The van der Waals surface area contributed by atoms with Crippen molar-refractivity contribution < 1.29 is 0 Å². The molecular weight excluding hydrogens is 224 g/mol. The Labute approximate surface area is 106 Å². The Balaban J connectivity index is 2.03. The highest BCUT2D eigenvalue weighted by Gasteiger charge is 2.20. The second kappa shape index (κ2) is 4.48. The minimum Gasteiger partial charge on any atom is -0.299 e. The fraction of sp³-hybridized carbons (Fsp3) is 0.400. The number of nitrogens with one attached hydrogen (secondary N) is 1. The van der Waals surface area contributed by atoms with Gasteiger partial charge in [-0.25, -0.2) is 4.68 Å². The van der Waals surface area contributed by atoms with Gasteiger partial charge in [0.2, 0.25) is 0 Å². The van der Waals surface area contributed by atoms with Crippen LogP contribution >= 0.6 is 0 Å². The van der Waals surface area contributed by atoms with E-state index in [0.29, 0.717) is 0 Å². The Bertz CT molecular complexity index is 595. The minimum atomic E-state index is 0.0734. The second-order valence-electron chi connectivity index (χ2n) is 5.04. The minimum absolute atomic E-state index is 0.0734. The maximum Gasteiger partial charge on any atom is 0.270 e. The molecule has 0 saturated carbocycles. The number of aromatic nitrogens is 2. The summed E-state index contributed by atoms with van der Waals surface area (Å²) in [4.78, 5) is 12.4. The number of aryl methyl sites for hydroxylation is 1. The molecule has 1 atom stereocenters. The first-order chi connectivity index (χ1) is 8.77. The maximum atomic E-state index is 12.4. The van der Waals surface area contributed by atoms with Gasteiger partial charge < -0.3 is 0 Å². The molecule has 3 nitrogen and oxygen atoms in total. The zero-order chi connectivity index (χ0) is 12.5. The van der Waals surface area contributed by atoms with Crippen LogP contribution in [0.2, 0.25) is 0 Å². The summed E-state index contributed by atoms with van der Waals surface area (Å²) < 4.78 is 1.78. The molecule has 1 aliphatic carbocycles. The number of H-pyrrole nitrogens is 1.